The predicted octanol–water partition coefficient (Wildman–Crippen LogP) is 3.21. The lowest BCUT2D eigenvalue weighted by molar-refractivity contribution is -0.120. The molecule has 0 saturated heterocycles. The van der Waals surface area contributed by atoms with Gasteiger partial charge in [0.15, 0.2) is 5.16 Å². The number of hydrogen-bond donors (Lipinski definition) is 1. The Balaban J connectivity index is 1.77. The Labute approximate surface area is 156 Å². The van der Waals surface area contributed by atoms with E-state index < -0.39 is 0 Å². The molecule has 26 heavy (non-hydrogen) atoms. The molecule has 0 aliphatic heterocycles. The summed E-state index contributed by atoms with van der Waals surface area (Å²) in [5.41, 5.74) is 1.63. The van der Waals surface area contributed by atoms with Gasteiger partial charge in [0.05, 0.1) is 16.2 Å². The molecule has 0 unspecified atom stereocenters. The molecule has 1 atom stereocenters. The molecule has 0 spiro atoms. The fraction of sp³-hybridized carbons (Fsp3) is 0.250. The molecule has 3 aromatic rings. The van der Waals surface area contributed by atoms with Gasteiger partial charge in [0.2, 0.25) is 5.91 Å². The Kier molecular flexibility index (Phi) is 5.73. The van der Waals surface area contributed by atoms with Crippen molar-refractivity contribution in [3.63, 3.8) is 0 Å². The number of nitrogens with zero attached hydrogens (tertiary/aromatic N) is 2. The zero-order chi connectivity index (χ0) is 18.5. The maximum atomic E-state index is 12.7. The minimum atomic E-state index is -0.357. The van der Waals surface area contributed by atoms with Crippen LogP contribution >= 0.6 is 11.8 Å². The predicted molar refractivity (Wildman–Crippen MR) is 105 cm³/mol. The van der Waals surface area contributed by atoms with Crippen LogP contribution in [0.2, 0.25) is 0 Å². The summed E-state index contributed by atoms with van der Waals surface area (Å²) >= 11 is 1.31. The van der Waals surface area contributed by atoms with Crippen LogP contribution in [0.4, 0.5) is 0 Å². The van der Waals surface area contributed by atoms with Crippen LogP contribution in [0.1, 0.15) is 19.4 Å². The minimum Gasteiger partial charge on any atom is -0.351 e. The van der Waals surface area contributed by atoms with Gasteiger partial charge in [-0.25, -0.2) is 4.98 Å². The number of nitrogens with one attached hydrogen (secondary N) is 1. The molecule has 2 aromatic carbocycles. The molecular formula is C20H21N3O2S. The fourth-order valence-corrected chi connectivity index (χ4v) is 3.65. The lowest BCUT2D eigenvalue weighted by atomic mass is 10.2. The van der Waals surface area contributed by atoms with Crippen molar-refractivity contribution in [2.45, 2.75) is 37.3 Å². The summed E-state index contributed by atoms with van der Waals surface area (Å²) in [7, 11) is 0. The number of para-hydroxylation sites is 1. The van der Waals surface area contributed by atoms with Crippen LogP contribution in [-0.4, -0.2) is 20.7 Å². The first-order chi connectivity index (χ1) is 12.6. The van der Waals surface area contributed by atoms with E-state index in [9.17, 15) is 9.59 Å². The van der Waals surface area contributed by atoms with Crippen molar-refractivity contribution >= 4 is 28.6 Å². The van der Waals surface area contributed by atoms with Gasteiger partial charge in [-0.3, -0.25) is 14.2 Å². The van der Waals surface area contributed by atoms with Gasteiger partial charge in [0.1, 0.15) is 0 Å². The van der Waals surface area contributed by atoms with Crippen molar-refractivity contribution in [3.05, 3.63) is 70.5 Å². The summed E-state index contributed by atoms with van der Waals surface area (Å²) in [6.07, 6.45) is 0. The molecular weight excluding hydrogens is 346 g/mol. The number of hydrogen-bond acceptors (Lipinski definition) is 4. The second-order valence-corrected chi connectivity index (χ2v) is 7.23. The van der Waals surface area contributed by atoms with E-state index in [1.807, 2.05) is 62.4 Å². The van der Waals surface area contributed by atoms with Crippen LogP contribution in [0.15, 0.2) is 64.5 Å². The Morgan fingerprint density at radius 1 is 1.15 bits per heavy atom. The highest BCUT2D eigenvalue weighted by atomic mass is 32.2. The quantitative estimate of drug-likeness (QED) is 0.537. The number of carbonyl (C=O) groups excluding carboxylic acids is 1. The Bertz CT molecular complexity index is 970. The van der Waals surface area contributed by atoms with E-state index in [2.05, 4.69) is 10.3 Å². The fourth-order valence-electron chi connectivity index (χ4n) is 2.66. The van der Waals surface area contributed by atoms with Gasteiger partial charge in [-0.2, -0.15) is 0 Å². The highest BCUT2D eigenvalue weighted by Crippen LogP contribution is 2.22. The van der Waals surface area contributed by atoms with Crippen LogP contribution in [-0.2, 0) is 17.9 Å². The first kappa shape index (κ1) is 18.2. The maximum Gasteiger partial charge on any atom is 0.262 e. The minimum absolute atomic E-state index is 0.0718. The largest absolute Gasteiger partial charge is 0.351 e. The number of rotatable bonds is 6. The monoisotopic (exact) mass is 367 g/mol. The summed E-state index contributed by atoms with van der Waals surface area (Å²) in [6, 6.07) is 17.1. The average molecular weight is 367 g/mol. The van der Waals surface area contributed by atoms with E-state index in [0.29, 0.717) is 29.1 Å². The average Bonchev–Trinajstić information content (AvgIpc) is 2.67. The zero-order valence-electron chi connectivity index (χ0n) is 14.8. The van der Waals surface area contributed by atoms with E-state index in [1.54, 1.807) is 10.6 Å². The number of fused-ring (bicyclic) bond motifs is 1. The summed E-state index contributed by atoms with van der Waals surface area (Å²) in [5.74, 6) is -0.0797. The van der Waals surface area contributed by atoms with Crippen LogP contribution in [0.3, 0.4) is 0 Å². The third-order valence-corrected chi connectivity index (χ3v) is 5.19. The molecule has 3 rings (SSSR count). The van der Waals surface area contributed by atoms with Crippen LogP contribution in [0, 0.1) is 0 Å². The summed E-state index contributed by atoms with van der Waals surface area (Å²) in [4.78, 5) is 29.7. The first-order valence-corrected chi connectivity index (χ1v) is 9.46. The molecule has 0 radical (unpaired) electrons. The standard InChI is InChI=1S/C20H21N3O2S/c1-3-23-19(25)16-11-7-8-12-17(16)22-20(23)26-14(2)18(24)21-13-15-9-5-4-6-10-15/h4-12,14H,3,13H2,1-2H3,(H,21,24)/t14-/m1/s1. The van der Waals surface area contributed by atoms with Crippen LogP contribution in [0.5, 0.6) is 0 Å². The number of carbonyl (C=O) groups is 1. The van der Waals surface area contributed by atoms with E-state index in [1.165, 1.54) is 11.8 Å². The number of benzene rings is 2. The molecule has 1 amide bonds. The van der Waals surface area contributed by atoms with Gasteiger partial charge in [-0.15, -0.1) is 0 Å². The van der Waals surface area contributed by atoms with Gasteiger partial charge >= 0.3 is 0 Å². The zero-order valence-corrected chi connectivity index (χ0v) is 15.6. The van der Waals surface area contributed by atoms with Crippen molar-refractivity contribution in [1.82, 2.24) is 14.9 Å². The second-order valence-electron chi connectivity index (χ2n) is 5.92. The number of aromatic nitrogens is 2. The topological polar surface area (TPSA) is 64.0 Å². The Hall–Kier alpha value is -2.60. The van der Waals surface area contributed by atoms with Crippen molar-refractivity contribution in [2.24, 2.45) is 0 Å². The molecule has 1 heterocycles. The van der Waals surface area contributed by atoms with Gasteiger partial charge < -0.3 is 5.32 Å². The molecule has 0 bridgehead atoms. The summed E-state index contributed by atoms with van der Waals surface area (Å²) < 4.78 is 1.62. The van der Waals surface area contributed by atoms with Gasteiger partial charge in [0.25, 0.3) is 5.56 Å². The number of amides is 1. The Morgan fingerprint density at radius 2 is 1.85 bits per heavy atom. The third-order valence-electron chi connectivity index (χ3n) is 4.10. The van der Waals surface area contributed by atoms with Gasteiger partial charge in [0, 0.05) is 13.1 Å². The SMILES string of the molecule is CCn1c(S[C@H](C)C(=O)NCc2ccccc2)nc2ccccc2c1=O. The summed E-state index contributed by atoms with van der Waals surface area (Å²) in [6.45, 7) is 4.72. The van der Waals surface area contributed by atoms with E-state index in [-0.39, 0.29) is 16.7 Å². The molecule has 134 valence electrons. The molecule has 1 N–H and O–H groups in total. The molecule has 5 nitrogen and oxygen atoms in total. The Morgan fingerprint density at radius 3 is 2.58 bits per heavy atom. The molecule has 0 saturated carbocycles. The summed E-state index contributed by atoms with van der Waals surface area (Å²) in [5, 5.41) is 3.74. The molecule has 6 heteroatoms. The van der Waals surface area contributed by atoms with Crippen LogP contribution < -0.4 is 10.9 Å². The highest BCUT2D eigenvalue weighted by Gasteiger charge is 2.18. The van der Waals surface area contributed by atoms with E-state index >= 15 is 0 Å². The molecule has 0 fully saturated rings. The van der Waals surface area contributed by atoms with Crippen molar-refractivity contribution in [3.8, 4) is 0 Å². The van der Waals surface area contributed by atoms with Crippen LogP contribution in [0.25, 0.3) is 10.9 Å². The van der Waals surface area contributed by atoms with Gasteiger partial charge in [-0.05, 0) is 31.5 Å². The van der Waals surface area contributed by atoms with E-state index in [4.69, 9.17) is 0 Å². The number of thioether (sulfide) groups is 1. The van der Waals surface area contributed by atoms with Crippen molar-refractivity contribution in [2.75, 3.05) is 0 Å². The smallest absolute Gasteiger partial charge is 0.262 e. The highest BCUT2D eigenvalue weighted by molar-refractivity contribution is 8.00. The molecule has 1 aromatic heterocycles. The van der Waals surface area contributed by atoms with Crippen molar-refractivity contribution < 1.29 is 4.79 Å². The lowest BCUT2D eigenvalue weighted by Gasteiger charge is -2.15. The van der Waals surface area contributed by atoms with Crippen molar-refractivity contribution in [1.29, 1.82) is 0 Å². The third kappa shape index (κ3) is 3.96. The lowest BCUT2D eigenvalue weighted by Crippen LogP contribution is -2.31. The molecule has 0 aliphatic carbocycles. The first-order valence-electron chi connectivity index (χ1n) is 8.58. The van der Waals surface area contributed by atoms with E-state index in [0.717, 1.165) is 5.56 Å². The van der Waals surface area contributed by atoms with Gasteiger partial charge in [-0.1, -0.05) is 54.2 Å². The molecule has 0 aliphatic rings. The normalized spacial score (nSPS) is 12.1. The maximum absolute atomic E-state index is 12.7. The second kappa shape index (κ2) is 8.19.